The van der Waals surface area contributed by atoms with Gasteiger partial charge in [0.1, 0.15) is 0 Å². The summed E-state index contributed by atoms with van der Waals surface area (Å²) < 4.78 is 26.1. The van der Waals surface area contributed by atoms with E-state index in [1.807, 2.05) is 19.1 Å². The molecule has 1 aromatic rings. The fourth-order valence-electron chi connectivity index (χ4n) is 1.43. The average molecular weight is 199 g/mol. The van der Waals surface area contributed by atoms with Crippen molar-refractivity contribution in [2.75, 3.05) is 6.54 Å². The fraction of sp³-hybridized carbons (Fsp3) is 0.455. The van der Waals surface area contributed by atoms with Crippen LogP contribution < -0.4 is 5.73 Å². The van der Waals surface area contributed by atoms with E-state index in [1.54, 1.807) is 12.1 Å². The highest BCUT2D eigenvalue weighted by molar-refractivity contribution is 5.28. The van der Waals surface area contributed by atoms with Gasteiger partial charge in [-0.2, -0.15) is 0 Å². The van der Waals surface area contributed by atoms with Gasteiger partial charge in [0.25, 0.3) is 5.92 Å². The molecule has 78 valence electrons. The zero-order valence-electron chi connectivity index (χ0n) is 8.26. The number of halogens is 2. The lowest BCUT2D eigenvalue weighted by atomic mass is 9.99. The van der Waals surface area contributed by atoms with E-state index in [9.17, 15) is 8.78 Å². The maximum Gasteiger partial charge on any atom is 0.264 e. The average Bonchev–Trinajstić information content (AvgIpc) is 2.18. The Hall–Kier alpha value is -0.960. The zero-order chi connectivity index (χ0) is 10.6. The molecule has 0 aliphatic carbocycles. The summed E-state index contributed by atoms with van der Waals surface area (Å²) in [5.41, 5.74) is 6.67. The van der Waals surface area contributed by atoms with Crippen LogP contribution in [0.3, 0.4) is 0 Å². The van der Waals surface area contributed by atoms with E-state index in [2.05, 4.69) is 0 Å². The van der Waals surface area contributed by atoms with Gasteiger partial charge in [-0.05, 0) is 17.5 Å². The largest absolute Gasteiger partial charge is 0.325 e. The van der Waals surface area contributed by atoms with Crippen molar-refractivity contribution >= 4 is 0 Å². The summed E-state index contributed by atoms with van der Waals surface area (Å²) in [6.45, 7) is 1.37. The summed E-state index contributed by atoms with van der Waals surface area (Å²) in [7, 11) is 0. The first-order valence-corrected chi connectivity index (χ1v) is 4.73. The van der Waals surface area contributed by atoms with Crippen LogP contribution in [0.2, 0.25) is 0 Å². The molecule has 0 aromatic heterocycles. The van der Waals surface area contributed by atoms with Crippen LogP contribution >= 0.6 is 0 Å². The molecular formula is C11H15F2N. The van der Waals surface area contributed by atoms with Crippen LogP contribution in [-0.4, -0.2) is 12.5 Å². The molecule has 1 rings (SSSR count). The van der Waals surface area contributed by atoms with Gasteiger partial charge in [-0.15, -0.1) is 0 Å². The summed E-state index contributed by atoms with van der Waals surface area (Å²) in [4.78, 5) is 0. The monoisotopic (exact) mass is 199 g/mol. The van der Waals surface area contributed by atoms with Crippen LogP contribution in [0.15, 0.2) is 24.3 Å². The van der Waals surface area contributed by atoms with Crippen molar-refractivity contribution in [3.63, 3.8) is 0 Å². The third-order valence-electron chi connectivity index (χ3n) is 2.25. The van der Waals surface area contributed by atoms with Crippen molar-refractivity contribution in [3.8, 4) is 0 Å². The van der Waals surface area contributed by atoms with Gasteiger partial charge in [0.05, 0.1) is 6.54 Å². The molecule has 0 spiro atoms. The second kappa shape index (κ2) is 4.51. The summed E-state index contributed by atoms with van der Waals surface area (Å²) in [5, 5.41) is 0. The molecule has 0 amide bonds. The molecule has 0 aliphatic heterocycles. The van der Waals surface area contributed by atoms with E-state index in [0.717, 1.165) is 12.0 Å². The van der Waals surface area contributed by atoms with Crippen molar-refractivity contribution in [1.82, 2.24) is 0 Å². The second-order valence-corrected chi connectivity index (χ2v) is 3.36. The Kier molecular flexibility index (Phi) is 3.58. The van der Waals surface area contributed by atoms with Gasteiger partial charge in [0.15, 0.2) is 0 Å². The van der Waals surface area contributed by atoms with Gasteiger partial charge in [-0.25, -0.2) is 8.78 Å². The van der Waals surface area contributed by atoms with Gasteiger partial charge in [0.2, 0.25) is 0 Å². The van der Waals surface area contributed by atoms with Crippen molar-refractivity contribution in [2.45, 2.75) is 25.7 Å². The molecule has 0 aliphatic rings. The van der Waals surface area contributed by atoms with E-state index in [4.69, 9.17) is 5.73 Å². The lowest BCUT2D eigenvalue weighted by Crippen LogP contribution is -2.30. The van der Waals surface area contributed by atoms with Crippen LogP contribution in [0.5, 0.6) is 0 Å². The Morgan fingerprint density at radius 1 is 1.21 bits per heavy atom. The number of alkyl halides is 2. The Morgan fingerprint density at radius 3 is 2.29 bits per heavy atom. The molecule has 0 radical (unpaired) electrons. The highest BCUT2D eigenvalue weighted by atomic mass is 19.3. The van der Waals surface area contributed by atoms with E-state index >= 15 is 0 Å². The number of hydrogen-bond acceptors (Lipinski definition) is 1. The lowest BCUT2D eigenvalue weighted by molar-refractivity contribution is 0.0113. The summed E-state index contributed by atoms with van der Waals surface area (Å²) in [6, 6.07) is 7.26. The van der Waals surface area contributed by atoms with Gasteiger partial charge in [-0.3, -0.25) is 0 Å². The lowest BCUT2D eigenvalue weighted by Gasteiger charge is -2.15. The summed E-state index contributed by atoms with van der Waals surface area (Å²) >= 11 is 0. The molecule has 2 N–H and O–H groups in total. The Bertz CT molecular complexity index is 297. The predicted octanol–water partition coefficient (Wildman–Crippen LogP) is 2.39. The zero-order valence-corrected chi connectivity index (χ0v) is 8.26. The van der Waals surface area contributed by atoms with Crippen molar-refractivity contribution < 1.29 is 8.78 Å². The molecule has 0 saturated carbocycles. The standard InChI is InChI=1S/C11H15F2N/c1-2-9-5-3-4-6-10(9)7-11(12,13)8-14/h3-6H,2,7-8,14H2,1H3. The van der Waals surface area contributed by atoms with Crippen molar-refractivity contribution in [2.24, 2.45) is 5.73 Å². The van der Waals surface area contributed by atoms with E-state index < -0.39 is 12.5 Å². The first-order valence-electron chi connectivity index (χ1n) is 4.73. The fourth-order valence-corrected chi connectivity index (χ4v) is 1.43. The number of nitrogens with two attached hydrogens (primary N) is 1. The highest BCUT2D eigenvalue weighted by Gasteiger charge is 2.27. The molecule has 14 heavy (non-hydrogen) atoms. The van der Waals surface area contributed by atoms with Crippen LogP contribution in [0.25, 0.3) is 0 Å². The van der Waals surface area contributed by atoms with Crippen molar-refractivity contribution in [3.05, 3.63) is 35.4 Å². The molecule has 3 heteroatoms. The van der Waals surface area contributed by atoms with Crippen LogP contribution in [0.1, 0.15) is 18.1 Å². The Morgan fingerprint density at radius 2 is 1.79 bits per heavy atom. The quantitative estimate of drug-likeness (QED) is 0.791. The molecule has 0 saturated heterocycles. The molecule has 0 fully saturated rings. The molecule has 1 aromatic carbocycles. The minimum Gasteiger partial charge on any atom is -0.325 e. The number of aryl methyl sites for hydroxylation is 1. The maximum absolute atomic E-state index is 13.0. The second-order valence-electron chi connectivity index (χ2n) is 3.36. The maximum atomic E-state index is 13.0. The summed E-state index contributed by atoms with van der Waals surface area (Å²) in [6.07, 6.45) is 0.518. The van der Waals surface area contributed by atoms with Gasteiger partial charge < -0.3 is 5.73 Å². The van der Waals surface area contributed by atoms with Gasteiger partial charge in [0, 0.05) is 6.42 Å². The van der Waals surface area contributed by atoms with E-state index in [-0.39, 0.29) is 6.42 Å². The molecule has 1 nitrogen and oxygen atoms in total. The first kappa shape index (κ1) is 11.1. The van der Waals surface area contributed by atoms with Crippen molar-refractivity contribution in [1.29, 1.82) is 0 Å². The minimum atomic E-state index is -2.79. The minimum absolute atomic E-state index is 0.256. The first-order chi connectivity index (χ1) is 6.59. The Balaban J connectivity index is 2.85. The third kappa shape index (κ3) is 2.77. The molecule has 0 unspecified atom stereocenters. The molecular weight excluding hydrogens is 184 g/mol. The Labute approximate surface area is 82.9 Å². The number of hydrogen-bond donors (Lipinski definition) is 1. The van der Waals surface area contributed by atoms with Crippen LogP contribution in [0.4, 0.5) is 8.78 Å². The molecule has 0 bridgehead atoms. The van der Waals surface area contributed by atoms with Gasteiger partial charge in [-0.1, -0.05) is 31.2 Å². The highest BCUT2D eigenvalue weighted by Crippen LogP contribution is 2.21. The molecule has 0 heterocycles. The number of benzene rings is 1. The topological polar surface area (TPSA) is 26.0 Å². The van der Waals surface area contributed by atoms with Gasteiger partial charge >= 0.3 is 0 Å². The predicted molar refractivity (Wildman–Crippen MR) is 53.5 cm³/mol. The summed E-state index contributed by atoms with van der Waals surface area (Å²) in [5.74, 6) is -2.79. The molecule has 0 atom stereocenters. The number of rotatable bonds is 4. The smallest absolute Gasteiger partial charge is 0.264 e. The third-order valence-corrected chi connectivity index (χ3v) is 2.25. The van der Waals surface area contributed by atoms with E-state index in [0.29, 0.717) is 5.56 Å². The van der Waals surface area contributed by atoms with Crippen LogP contribution in [0, 0.1) is 0 Å². The van der Waals surface area contributed by atoms with E-state index in [1.165, 1.54) is 0 Å². The van der Waals surface area contributed by atoms with Crippen LogP contribution in [-0.2, 0) is 12.8 Å². The SMILES string of the molecule is CCc1ccccc1CC(F)(F)CN. The normalized spacial score (nSPS) is 11.7.